The number of benzene rings is 1. The summed E-state index contributed by atoms with van der Waals surface area (Å²) >= 11 is 0. The van der Waals surface area contributed by atoms with E-state index in [1.807, 2.05) is 0 Å². The summed E-state index contributed by atoms with van der Waals surface area (Å²) in [5.74, 6) is 0.624. The Hall–Kier alpha value is -1.35. The van der Waals surface area contributed by atoms with E-state index >= 15 is 0 Å². The Morgan fingerprint density at radius 2 is 1.76 bits per heavy atom. The first-order valence-electron chi connectivity index (χ1n) is 8.22. The van der Waals surface area contributed by atoms with E-state index in [-0.39, 0.29) is 12.2 Å². The highest BCUT2D eigenvalue weighted by atomic mass is 16.2. The van der Waals surface area contributed by atoms with Gasteiger partial charge in [0.15, 0.2) is 0 Å². The second kappa shape index (κ2) is 5.80. The first-order chi connectivity index (χ1) is 10.1. The fourth-order valence-electron chi connectivity index (χ4n) is 3.67. The fraction of sp³-hybridized carbons (Fsp3) is 0.611. The highest BCUT2D eigenvalue weighted by molar-refractivity contribution is 5.85. The van der Waals surface area contributed by atoms with Gasteiger partial charge in [0.2, 0.25) is 5.91 Å². The maximum atomic E-state index is 12.8. The van der Waals surface area contributed by atoms with Crippen LogP contribution in [0.1, 0.15) is 56.8 Å². The molecule has 2 fully saturated rings. The maximum Gasteiger partial charge on any atom is 0.241 e. The number of carbonyl (C=O) groups excluding carboxylic acids is 1. The molecule has 114 valence electrons. The van der Waals surface area contributed by atoms with Crippen molar-refractivity contribution in [3.05, 3.63) is 35.4 Å². The topological polar surface area (TPSA) is 32.3 Å². The smallest absolute Gasteiger partial charge is 0.241 e. The molecular formula is C18H26N2O. The first kappa shape index (κ1) is 14.6. The molecule has 1 saturated heterocycles. The summed E-state index contributed by atoms with van der Waals surface area (Å²) in [5, 5.41) is 3.58. The van der Waals surface area contributed by atoms with Gasteiger partial charge in [-0.1, -0.05) is 56.5 Å². The molecule has 1 aliphatic carbocycles. The maximum absolute atomic E-state index is 12.8. The molecule has 1 aromatic carbocycles. The lowest BCUT2D eigenvalue weighted by atomic mass is 10.0. The number of nitrogens with zero attached hydrogens (tertiary/aromatic N) is 1. The monoisotopic (exact) mass is 286 g/mol. The molecule has 0 radical (unpaired) electrons. The van der Waals surface area contributed by atoms with Crippen molar-refractivity contribution in [2.45, 2.75) is 64.7 Å². The lowest BCUT2D eigenvalue weighted by molar-refractivity contribution is -0.133. The number of rotatable bonds is 3. The van der Waals surface area contributed by atoms with Gasteiger partial charge in [-0.15, -0.1) is 0 Å². The Balaban J connectivity index is 1.91. The average molecular weight is 286 g/mol. The van der Waals surface area contributed by atoms with Crippen LogP contribution in [0.15, 0.2) is 24.3 Å². The summed E-state index contributed by atoms with van der Waals surface area (Å²) in [7, 11) is 0. The van der Waals surface area contributed by atoms with E-state index in [0.29, 0.717) is 17.9 Å². The Morgan fingerprint density at radius 1 is 1.14 bits per heavy atom. The number of aryl methyl sites for hydroxylation is 1. The summed E-state index contributed by atoms with van der Waals surface area (Å²) in [5.41, 5.74) is 2.47. The van der Waals surface area contributed by atoms with E-state index in [0.717, 1.165) is 12.8 Å². The zero-order valence-corrected chi connectivity index (χ0v) is 13.3. The normalized spacial score (nSPS) is 27.0. The van der Waals surface area contributed by atoms with Crippen LogP contribution in [0, 0.1) is 12.8 Å². The standard InChI is InChI=1S/C18H26N2O/c1-12(2)16-18(21)20(15-6-4-5-7-15)17(19-16)14-10-8-13(3)9-11-14/h8-12,15-17,19H,4-7H2,1-3H3. The van der Waals surface area contributed by atoms with E-state index < -0.39 is 0 Å². The van der Waals surface area contributed by atoms with E-state index in [2.05, 4.69) is 55.3 Å². The summed E-state index contributed by atoms with van der Waals surface area (Å²) in [6.45, 7) is 6.35. The largest absolute Gasteiger partial charge is 0.319 e. The number of carbonyl (C=O) groups is 1. The minimum absolute atomic E-state index is 0.0445. The van der Waals surface area contributed by atoms with Crippen LogP contribution in [-0.2, 0) is 4.79 Å². The van der Waals surface area contributed by atoms with Crippen molar-refractivity contribution in [3.63, 3.8) is 0 Å². The van der Waals surface area contributed by atoms with Crippen molar-refractivity contribution in [3.8, 4) is 0 Å². The van der Waals surface area contributed by atoms with Crippen LogP contribution in [0.2, 0.25) is 0 Å². The molecule has 1 heterocycles. The molecule has 2 aliphatic rings. The molecule has 1 N–H and O–H groups in total. The Morgan fingerprint density at radius 3 is 2.33 bits per heavy atom. The summed E-state index contributed by atoms with van der Waals surface area (Å²) in [4.78, 5) is 15.0. The third kappa shape index (κ3) is 2.71. The number of hydrogen-bond donors (Lipinski definition) is 1. The van der Waals surface area contributed by atoms with Gasteiger partial charge < -0.3 is 4.90 Å². The Kier molecular flexibility index (Phi) is 4.03. The van der Waals surface area contributed by atoms with Gasteiger partial charge in [-0.3, -0.25) is 10.1 Å². The zero-order valence-electron chi connectivity index (χ0n) is 13.3. The van der Waals surface area contributed by atoms with Crippen LogP contribution in [0.5, 0.6) is 0 Å². The summed E-state index contributed by atoms with van der Waals surface area (Å²) in [6, 6.07) is 8.96. The highest BCUT2D eigenvalue weighted by Gasteiger charge is 2.44. The second-order valence-electron chi connectivity index (χ2n) is 6.89. The molecule has 3 nitrogen and oxygen atoms in total. The molecule has 1 aromatic rings. The second-order valence-corrected chi connectivity index (χ2v) is 6.89. The number of hydrogen-bond acceptors (Lipinski definition) is 2. The van der Waals surface area contributed by atoms with Crippen LogP contribution in [0.25, 0.3) is 0 Å². The molecule has 3 heteroatoms. The molecule has 3 rings (SSSR count). The Bertz CT molecular complexity index is 502. The lowest BCUT2D eigenvalue weighted by Gasteiger charge is -2.30. The molecule has 21 heavy (non-hydrogen) atoms. The molecule has 2 atom stereocenters. The summed E-state index contributed by atoms with van der Waals surface area (Å²) < 4.78 is 0. The molecular weight excluding hydrogens is 260 g/mol. The van der Waals surface area contributed by atoms with Gasteiger partial charge in [0.25, 0.3) is 0 Å². The predicted molar refractivity (Wildman–Crippen MR) is 84.8 cm³/mol. The molecule has 1 aliphatic heterocycles. The highest BCUT2D eigenvalue weighted by Crippen LogP contribution is 2.35. The van der Waals surface area contributed by atoms with Crippen LogP contribution in [-0.4, -0.2) is 22.9 Å². The van der Waals surface area contributed by atoms with Gasteiger partial charge in [0.05, 0.1) is 6.04 Å². The lowest BCUT2D eigenvalue weighted by Crippen LogP contribution is -2.39. The first-order valence-corrected chi connectivity index (χ1v) is 8.22. The predicted octanol–water partition coefficient (Wildman–Crippen LogP) is 3.39. The van der Waals surface area contributed by atoms with Crippen molar-refractivity contribution < 1.29 is 4.79 Å². The molecule has 1 saturated carbocycles. The van der Waals surface area contributed by atoms with Crippen molar-refractivity contribution in [2.24, 2.45) is 5.92 Å². The molecule has 0 bridgehead atoms. The van der Waals surface area contributed by atoms with E-state index in [9.17, 15) is 4.79 Å². The van der Waals surface area contributed by atoms with Crippen molar-refractivity contribution in [2.75, 3.05) is 0 Å². The molecule has 1 amide bonds. The van der Waals surface area contributed by atoms with Gasteiger partial charge in [0, 0.05) is 6.04 Å². The third-order valence-electron chi connectivity index (χ3n) is 4.91. The van der Waals surface area contributed by atoms with E-state index in [1.54, 1.807) is 0 Å². The minimum atomic E-state index is -0.0445. The van der Waals surface area contributed by atoms with Gasteiger partial charge in [-0.05, 0) is 31.2 Å². The van der Waals surface area contributed by atoms with Crippen LogP contribution in [0.3, 0.4) is 0 Å². The number of nitrogens with one attached hydrogen (secondary N) is 1. The summed E-state index contributed by atoms with van der Waals surface area (Å²) in [6.07, 6.45) is 4.86. The van der Waals surface area contributed by atoms with Crippen molar-refractivity contribution in [1.29, 1.82) is 0 Å². The van der Waals surface area contributed by atoms with Crippen LogP contribution in [0.4, 0.5) is 0 Å². The number of amides is 1. The molecule has 0 spiro atoms. The zero-order chi connectivity index (χ0) is 15.0. The van der Waals surface area contributed by atoms with Gasteiger partial charge in [0.1, 0.15) is 6.17 Å². The van der Waals surface area contributed by atoms with Gasteiger partial charge in [-0.2, -0.15) is 0 Å². The SMILES string of the molecule is Cc1ccc(C2NC(C(C)C)C(=O)N2C2CCCC2)cc1. The van der Waals surface area contributed by atoms with Crippen molar-refractivity contribution >= 4 is 5.91 Å². The van der Waals surface area contributed by atoms with Crippen LogP contribution >= 0.6 is 0 Å². The fourth-order valence-corrected chi connectivity index (χ4v) is 3.67. The van der Waals surface area contributed by atoms with Crippen LogP contribution < -0.4 is 5.32 Å². The third-order valence-corrected chi connectivity index (χ3v) is 4.91. The quantitative estimate of drug-likeness (QED) is 0.923. The van der Waals surface area contributed by atoms with Crippen molar-refractivity contribution in [1.82, 2.24) is 10.2 Å². The van der Waals surface area contributed by atoms with Gasteiger partial charge >= 0.3 is 0 Å². The average Bonchev–Trinajstić information content (AvgIpc) is 3.06. The Labute approximate surface area is 127 Å². The minimum Gasteiger partial charge on any atom is -0.319 e. The van der Waals surface area contributed by atoms with E-state index in [4.69, 9.17) is 0 Å². The van der Waals surface area contributed by atoms with E-state index in [1.165, 1.54) is 24.0 Å². The van der Waals surface area contributed by atoms with Gasteiger partial charge in [-0.25, -0.2) is 0 Å². The molecule has 2 unspecified atom stereocenters. The molecule has 0 aromatic heterocycles.